The van der Waals surface area contributed by atoms with Crippen LogP contribution >= 0.6 is 0 Å². The van der Waals surface area contributed by atoms with Gasteiger partial charge in [-0.25, -0.2) is 0 Å². The molecule has 3 aliphatic rings. The smallest absolute Gasteiger partial charge is 0.297 e. The van der Waals surface area contributed by atoms with Crippen LogP contribution in [0.25, 0.3) is 0 Å². The van der Waals surface area contributed by atoms with E-state index in [0.717, 1.165) is 43.4 Å². The zero-order valence-corrected chi connectivity index (χ0v) is 19.5. The summed E-state index contributed by atoms with van der Waals surface area (Å²) in [6.07, 6.45) is 6.00. The van der Waals surface area contributed by atoms with Crippen LogP contribution in [-0.4, -0.2) is 21.6 Å². The van der Waals surface area contributed by atoms with Gasteiger partial charge < -0.3 is 4.74 Å². The third-order valence-corrected chi connectivity index (χ3v) is 9.73. The molecule has 0 aromatic heterocycles. The van der Waals surface area contributed by atoms with Gasteiger partial charge >= 0.3 is 0 Å². The summed E-state index contributed by atoms with van der Waals surface area (Å²) in [7, 11) is -2.02. The first-order valence-corrected chi connectivity index (χ1v) is 12.9. The van der Waals surface area contributed by atoms with E-state index < -0.39 is 10.1 Å². The van der Waals surface area contributed by atoms with Gasteiger partial charge in [0.05, 0.1) is 18.1 Å². The van der Waals surface area contributed by atoms with Gasteiger partial charge in [0.15, 0.2) is 0 Å². The van der Waals surface area contributed by atoms with Crippen molar-refractivity contribution in [3.63, 3.8) is 0 Å². The van der Waals surface area contributed by atoms with Crippen molar-refractivity contribution in [3.05, 3.63) is 59.2 Å². The zero-order valence-electron chi connectivity index (χ0n) is 18.6. The largest absolute Gasteiger partial charge is 0.497 e. The molecule has 2 aromatic rings. The second kappa shape index (κ2) is 7.63. The average Bonchev–Trinajstić information content (AvgIpc) is 3.09. The molecular formula is C26H32O4S. The molecule has 0 amide bonds. The Labute approximate surface area is 186 Å². The lowest BCUT2D eigenvalue weighted by molar-refractivity contribution is -0.00804. The van der Waals surface area contributed by atoms with E-state index in [0.29, 0.717) is 17.8 Å². The SMILES string of the molecule is COc1ccc2c(c1)CC[C@H]1[C@H]2CC[C@]2(C)[C@H](OS(=O)(=O)c3ccc(C)cc3)CC[C@@H]12. The maximum atomic E-state index is 13.0. The minimum Gasteiger partial charge on any atom is -0.497 e. The molecule has 5 atom stereocenters. The lowest BCUT2D eigenvalue weighted by Crippen LogP contribution is -2.45. The van der Waals surface area contributed by atoms with Crippen LogP contribution in [0.5, 0.6) is 5.75 Å². The molecule has 2 fully saturated rings. The lowest BCUT2D eigenvalue weighted by Gasteiger charge is -2.50. The molecule has 0 N–H and O–H groups in total. The number of rotatable bonds is 4. The first kappa shape index (κ1) is 21.0. The Bertz CT molecular complexity index is 1080. The number of benzene rings is 2. The molecule has 2 saturated carbocycles. The van der Waals surface area contributed by atoms with Crippen molar-refractivity contribution in [3.8, 4) is 5.75 Å². The van der Waals surface area contributed by atoms with Crippen LogP contribution in [0, 0.1) is 24.2 Å². The monoisotopic (exact) mass is 440 g/mol. The Balaban J connectivity index is 1.38. The molecule has 0 unspecified atom stereocenters. The summed E-state index contributed by atoms with van der Waals surface area (Å²) < 4.78 is 37.3. The zero-order chi connectivity index (χ0) is 21.8. The molecule has 3 aliphatic carbocycles. The molecular weight excluding hydrogens is 408 g/mol. The van der Waals surface area contributed by atoms with Gasteiger partial charge in [-0.05, 0) is 104 Å². The summed E-state index contributed by atoms with van der Waals surface area (Å²) in [6.45, 7) is 4.23. The number of ether oxygens (including phenoxy) is 1. The minimum absolute atomic E-state index is 0.0804. The third-order valence-electron chi connectivity index (χ3n) is 8.40. The Morgan fingerprint density at radius 3 is 2.52 bits per heavy atom. The Morgan fingerprint density at radius 2 is 1.77 bits per heavy atom. The molecule has 166 valence electrons. The van der Waals surface area contributed by atoms with Crippen LogP contribution in [0.15, 0.2) is 47.4 Å². The Morgan fingerprint density at radius 1 is 1.00 bits per heavy atom. The predicted molar refractivity (Wildman–Crippen MR) is 121 cm³/mol. The van der Waals surface area contributed by atoms with Crippen molar-refractivity contribution in [1.29, 1.82) is 0 Å². The summed E-state index contributed by atoms with van der Waals surface area (Å²) in [5.74, 6) is 2.63. The van der Waals surface area contributed by atoms with E-state index in [1.54, 1.807) is 19.2 Å². The fourth-order valence-electron chi connectivity index (χ4n) is 6.71. The summed E-state index contributed by atoms with van der Waals surface area (Å²) in [6, 6.07) is 13.5. The van der Waals surface area contributed by atoms with E-state index in [4.69, 9.17) is 8.92 Å². The number of fused-ring (bicyclic) bond motifs is 5. The van der Waals surface area contributed by atoms with Gasteiger partial charge in [-0.1, -0.05) is 30.7 Å². The van der Waals surface area contributed by atoms with E-state index in [2.05, 4.69) is 25.1 Å². The number of hydrogen-bond donors (Lipinski definition) is 0. The van der Waals surface area contributed by atoms with Gasteiger partial charge in [0, 0.05) is 0 Å². The number of hydrogen-bond acceptors (Lipinski definition) is 4. The lowest BCUT2D eigenvalue weighted by atomic mass is 9.55. The van der Waals surface area contributed by atoms with E-state index in [9.17, 15) is 8.42 Å². The van der Waals surface area contributed by atoms with Gasteiger partial charge in [-0.2, -0.15) is 8.42 Å². The van der Waals surface area contributed by atoms with E-state index in [1.165, 1.54) is 17.5 Å². The van der Waals surface area contributed by atoms with Gasteiger partial charge in [-0.15, -0.1) is 0 Å². The summed E-state index contributed by atoms with van der Waals surface area (Å²) in [5.41, 5.74) is 3.87. The second-order valence-corrected chi connectivity index (χ2v) is 11.5. The second-order valence-electron chi connectivity index (χ2n) is 9.95. The van der Waals surface area contributed by atoms with Crippen molar-refractivity contribution >= 4 is 10.1 Å². The van der Waals surface area contributed by atoms with Crippen molar-refractivity contribution in [2.24, 2.45) is 17.3 Å². The van der Waals surface area contributed by atoms with Crippen LogP contribution in [0.4, 0.5) is 0 Å². The Kier molecular flexibility index (Phi) is 5.17. The van der Waals surface area contributed by atoms with Crippen LogP contribution in [0.2, 0.25) is 0 Å². The average molecular weight is 441 g/mol. The predicted octanol–water partition coefficient (Wildman–Crippen LogP) is 5.63. The highest BCUT2D eigenvalue weighted by atomic mass is 32.2. The third kappa shape index (κ3) is 3.50. The highest BCUT2D eigenvalue weighted by Crippen LogP contribution is 2.61. The van der Waals surface area contributed by atoms with Crippen LogP contribution in [-0.2, 0) is 20.7 Å². The fraction of sp³-hybridized carbons (Fsp3) is 0.538. The van der Waals surface area contributed by atoms with Gasteiger partial charge in [0.1, 0.15) is 5.75 Å². The summed E-state index contributed by atoms with van der Waals surface area (Å²) in [4.78, 5) is 0.263. The van der Waals surface area contributed by atoms with Crippen LogP contribution in [0.3, 0.4) is 0 Å². The van der Waals surface area contributed by atoms with Crippen molar-refractivity contribution in [1.82, 2.24) is 0 Å². The van der Waals surface area contributed by atoms with Crippen molar-refractivity contribution in [2.75, 3.05) is 7.11 Å². The maximum absolute atomic E-state index is 13.0. The molecule has 0 aliphatic heterocycles. The van der Waals surface area contributed by atoms with E-state index in [-0.39, 0.29) is 16.4 Å². The molecule has 0 bridgehead atoms. The minimum atomic E-state index is -3.75. The highest BCUT2D eigenvalue weighted by molar-refractivity contribution is 7.86. The quantitative estimate of drug-likeness (QED) is 0.578. The van der Waals surface area contributed by atoms with Crippen LogP contribution < -0.4 is 4.74 Å². The molecule has 0 saturated heterocycles. The molecule has 31 heavy (non-hydrogen) atoms. The molecule has 0 spiro atoms. The highest BCUT2D eigenvalue weighted by Gasteiger charge is 2.56. The maximum Gasteiger partial charge on any atom is 0.297 e. The van der Waals surface area contributed by atoms with Gasteiger partial charge in [-0.3, -0.25) is 4.18 Å². The molecule has 4 nitrogen and oxygen atoms in total. The summed E-state index contributed by atoms with van der Waals surface area (Å²) in [5, 5.41) is 0. The Hall–Kier alpha value is -1.85. The standard InChI is InChI=1S/C26H32O4S/c1-17-4-8-20(9-5-17)31(27,28)30-25-13-12-24-23-10-6-18-16-19(29-3)7-11-21(18)22(23)14-15-26(24,25)2/h4-5,7-9,11,16,22-25H,6,10,12-15H2,1-3H3/t22-,23-,24-,25+,26-/m0/s1. The van der Waals surface area contributed by atoms with E-state index in [1.807, 2.05) is 19.1 Å². The van der Waals surface area contributed by atoms with Crippen molar-refractivity contribution < 1.29 is 17.3 Å². The summed E-state index contributed by atoms with van der Waals surface area (Å²) >= 11 is 0. The topological polar surface area (TPSA) is 52.6 Å². The van der Waals surface area contributed by atoms with Gasteiger partial charge in [0.2, 0.25) is 0 Å². The fourth-order valence-corrected chi connectivity index (χ4v) is 7.91. The van der Waals surface area contributed by atoms with Gasteiger partial charge in [0.25, 0.3) is 10.1 Å². The number of aryl methyl sites for hydroxylation is 2. The first-order valence-electron chi connectivity index (χ1n) is 11.5. The van der Waals surface area contributed by atoms with Crippen LogP contribution in [0.1, 0.15) is 61.6 Å². The molecule has 0 radical (unpaired) electrons. The normalized spacial score (nSPS) is 32.1. The van der Waals surface area contributed by atoms with Crippen molar-refractivity contribution in [2.45, 2.75) is 69.3 Å². The van der Waals surface area contributed by atoms with E-state index >= 15 is 0 Å². The molecule has 2 aromatic carbocycles. The first-order chi connectivity index (χ1) is 14.8. The molecule has 5 heteroatoms. The molecule has 5 rings (SSSR count). The molecule has 0 heterocycles. The number of methoxy groups -OCH3 is 1.